The molecule has 9 heteroatoms. The standard InChI is InChI=1S/C18H24N2O7/c1-12(19-18(24)27-11-13-7-5-4-6-8-13)16(22)20-14(17(23)26-3)9-10-15(21)25-2/h4-8,12,14H,9-11H2,1-3H3,(H,19,24)(H,20,22)/t12-,14-/m0/s1. The highest BCUT2D eigenvalue weighted by molar-refractivity contribution is 5.89. The molecule has 9 nitrogen and oxygen atoms in total. The minimum atomic E-state index is -1.04. The number of ether oxygens (including phenoxy) is 3. The predicted molar refractivity (Wildman–Crippen MR) is 94.4 cm³/mol. The number of alkyl carbamates (subject to hydrolysis) is 1. The molecule has 1 rings (SSSR count). The second kappa shape index (κ2) is 11.5. The predicted octanol–water partition coefficient (Wildman–Crippen LogP) is 0.912. The van der Waals surface area contributed by atoms with Crippen LogP contribution in [0, 0.1) is 0 Å². The third-order valence-corrected chi connectivity index (χ3v) is 3.61. The minimum absolute atomic E-state index is 0.0102. The number of carbonyl (C=O) groups is 4. The van der Waals surface area contributed by atoms with Gasteiger partial charge in [0.05, 0.1) is 14.2 Å². The number of methoxy groups -OCH3 is 2. The van der Waals surface area contributed by atoms with E-state index < -0.39 is 36.0 Å². The molecule has 1 aromatic rings. The molecule has 0 saturated carbocycles. The van der Waals surface area contributed by atoms with Crippen molar-refractivity contribution in [3.63, 3.8) is 0 Å². The monoisotopic (exact) mass is 380 g/mol. The van der Waals surface area contributed by atoms with E-state index in [-0.39, 0.29) is 19.4 Å². The largest absolute Gasteiger partial charge is 0.469 e. The lowest BCUT2D eigenvalue weighted by atomic mass is 10.1. The Morgan fingerprint density at radius 1 is 1.00 bits per heavy atom. The number of nitrogens with one attached hydrogen (secondary N) is 2. The fourth-order valence-corrected chi connectivity index (χ4v) is 2.06. The zero-order valence-electron chi connectivity index (χ0n) is 15.5. The maximum Gasteiger partial charge on any atom is 0.408 e. The van der Waals surface area contributed by atoms with Gasteiger partial charge in [0.2, 0.25) is 5.91 Å². The van der Waals surface area contributed by atoms with Crippen LogP contribution in [0.5, 0.6) is 0 Å². The van der Waals surface area contributed by atoms with Crippen molar-refractivity contribution in [3.8, 4) is 0 Å². The summed E-state index contributed by atoms with van der Waals surface area (Å²) in [6.45, 7) is 1.50. The Bertz CT molecular complexity index is 648. The molecule has 0 aliphatic heterocycles. The molecule has 0 aliphatic carbocycles. The van der Waals surface area contributed by atoms with Crippen LogP contribution in [0.25, 0.3) is 0 Å². The van der Waals surface area contributed by atoms with E-state index >= 15 is 0 Å². The highest BCUT2D eigenvalue weighted by atomic mass is 16.5. The first kappa shape index (κ1) is 21.9. The molecule has 2 N–H and O–H groups in total. The maximum atomic E-state index is 12.2. The summed E-state index contributed by atoms with van der Waals surface area (Å²) in [7, 11) is 2.39. The molecule has 0 unspecified atom stereocenters. The number of hydrogen-bond donors (Lipinski definition) is 2. The third kappa shape index (κ3) is 8.21. The first-order chi connectivity index (χ1) is 12.9. The van der Waals surface area contributed by atoms with Crippen LogP contribution in [-0.4, -0.2) is 50.2 Å². The highest BCUT2D eigenvalue weighted by Gasteiger charge is 2.26. The topological polar surface area (TPSA) is 120 Å². The average Bonchev–Trinajstić information content (AvgIpc) is 2.69. The van der Waals surface area contributed by atoms with Crippen LogP contribution in [-0.2, 0) is 35.2 Å². The van der Waals surface area contributed by atoms with E-state index in [1.807, 2.05) is 18.2 Å². The Morgan fingerprint density at radius 2 is 1.67 bits per heavy atom. The zero-order chi connectivity index (χ0) is 20.2. The van der Waals surface area contributed by atoms with Gasteiger partial charge in [-0.2, -0.15) is 0 Å². The van der Waals surface area contributed by atoms with Gasteiger partial charge in [-0.15, -0.1) is 0 Å². The second-order valence-electron chi connectivity index (χ2n) is 5.63. The smallest absolute Gasteiger partial charge is 0.408 e. The molecule has 2 amide bonds. The van der Waals surface area contributed by atoms with E-state index in [0.717, 1.165) is 5.56 Å². The van der Waals surface area contributed by atoms with Gasteiger partial charge in [-0.05, 0) is 18.9 Å². The van der Waals surface area contributed by atoms with E-state index in [9.17, 15) is 19.2 Å². The first-order valence-electron chi connectivity index (χ1n) is 8.29. The summed E-state index contributed by atoms with van der Waals surface area (Å²) in [4.78, 5) is 47.0. The van der Waals surface area contributed by atoms with Gasteiger partial charge in [0.25, 0.3) is 0 Å². The van der Waals surface area contributed by atoms with Gasteiger partial charge in [0.1, 0.15) is 18.7 Å². The van der Waals surface area contributed by atoms with Crippen LogP contribution >= 0.6 is 0 Å². The van der Waals surface area contributed by atoms with E-state index in [4.69, 9.17) is 4.74 Å². The summed E-state index contributed by atoms with van der Waals surface area (Å²) in [5, 5.41) is 4.81. The van der Waals surface area contributed by atoms with E-state index in [0.29, 0.717) is 0 Å². The van der Waals surface area contributed by atoms with Gasteiger partial charge < -0.3 is 24.8 Å². The summed E-state index contributed by atoms with van der Waals surface area (Å²) >= 11 is 0. The molecule has 148 valence electrons. The van der Waals surface area contributed by atoms with Crippen LogP contribution in [0.2, 0.25) is 0 Å². The number of benzene rings is 1. The average molecular weight is 380 g/mol. The maximum absolute atomic E-state index is 12.2. The number of carbonyl (C=O) groups excluding carboxylic acids is 4. The summed E-state index contributed by atoms with van der Waals surface area (Å²) < 4.78 is 14.1. The van der Waals surface area contributed by atoms with Gasteiger partial charge >= 0.3 is 18.0 Å². The fourth-order valence-electron chi connectivity index (χ4n) is 2.06. The molecule has 0 aromatic heterocycles. The van der Waals surface area contributed by atoms with Crippen molar-refractivity contribution < 1.29 is 33.4 Å². The van der Waals surface area contributed by atoms with Crippen molar-refractivity contribution in [2.24, 2.45) is 0 Å². The quantitative estimate of drug-likeness (QED) is 0.483. The fraction of sp³-hybridized carbons (Fsp3) is 0.444. The molecular weight excluding hydrogens is 356 g/mol. The van der Waals surface area contributed by atoms with E-state index in [2.05, 4.69) is 20.1 Å². The van der Waals surface area contributed by atoms with Crippen molar-refractivity contribution in [2.75, 3.05) is 14.2 Å². The normalized spacial score (nSPS) is 12.3. The van der Waals surface area contributed by atoms with Crippen molar-refractivity contribution in [3.05, 3.63) is 35.9 Å². The van der Waals surface area contributed by atoms with E-state index in [1.54, 1.807) is 12.1 Å². The molecular formula is C18H24N2O7. The zero-order valence-corrected chi connectivity index (χ0v) is 15.5. The molecule has 2 atom stereocenters. The van der Waals surface area contributed by atoms with Crippen molar-refractivity contribution in [1.29, 1.82) is 0 Å². The molecule has 0 heterocycles. The van der Waals surface area contributed by atoms with Gasteiger partial charge in [-0.3, -0.25) is 9.59 Å². The summed E-state index contributed by atoms with van der Waals surface area (Å²) in [6.07, 6.45) is -0.834. The lowest BCUT2D eigenvalue weighted by Gasteiger charge is -2.19. The minimum Gasteiger partial charge on any atom is -0.469 e. The molecule has 0 fully saturated rings. The number of esters is 2. The third-order valence-electron chi connectivity index (χ3n) is 3.61. The Morgan fingerprint density at radius 3 is 2.26 bits per heavy atom. The van der Waals surface area contributed by atoms with Crippen molar-refractivity contribution in [1.82, 2.24) is 10.6 Å². The van der Waals surface area contributed by atoms with Crippen LogP contribution in [0.3, 0.4) is 0 Å². The Balaban J connectivity index is 2.50. The van der Waals surface area contributed by atoms with Gasteiger partial charge in [-0.1, -0.05) is 30.3 Å². The number of rotatable bonds is 9. The van der Waals surface area contributed by atoms with E-state index in [1.165, 1.54) is 21.1 Å². The summed E-state index contributed by atoms with van der Waals surface area (Å²) in [5.41, 5.74) is 0.804. The van der Waals surface area contributed by atoms with Gasteiger partial charge in [0, 0.05) is 6.42 Å². The molecule has 1 aromatic carbocycles. The second-order valence-corrected chi connectivity index (χ2v) is 5.63. The Kier molecular flexibility index (Phi) is 9.35. The SMILES string of the molecule is COC(=O)CC[C@H](NC(=O)[C@H](C)NC(=O)OCc1ccccc1)C(=O)OC. The first-order valence-corrected chi connectivity index (χ1v) is 8.29. The van der Waals surface area contributed by atoms with Crippen LogP contribution in [0.4, 0.5) is 4.79 Å². The molecule has 0 aliphatic rings. The van der Waals surface area contributed by atoms with Crippen LogP contribution in [0.15, 0.2) is 30.3 Å². The number of amides is 2. The molecule has 0 saturated heterocycles. The molecule has 0 spiro atoms. The van der Waals surface area contributed by atoms with Gasteiger partial charge in [-0.25, -0.2) is 9.59 Å². The molecule has 0 bridgehead atoms. The van der Waals surface area contributed by atoms with Gasteiger partial charge in [0.15, 0.2) is 0 Å². The lowest BCUT2D eigenvalue weighted by Crippen LogP contribution is -2.50. The van der Waals surface area contributed by atoms with Crippen LogP contribution < -0.4 is 10.6 Å². The molecule has 27 heavy (non-hydrogen) atoms. The van der Waals surface area contributed by atoms with Crippen molar-refractivity contribution in [2.45, 2.75) is 38.5 Å². The molecule has 0 radical (unpaired) electrons. The van der Waals surface area contributed by atoms with Crippen molar-refractivity contribution >= 4 is 23.9 Å². The summed E-state index contributed by atoms with van der Waals surface area (Å²) in [5.74, 6) is -1.84. The Labute approximate surface area is 157 Å². The Hall–Kier alpha value is -3.10. The van der Waals surface area contributed by atoms with Crippen LogP contribution in [0.1, 0.15) is 25.3 Å². The highest BCUT2D eigenvalue weighted by Crippen LogP contribution is 2.03. The summed E-state index contributed by atoms with van der Waals surface area (Å²) in [6, 6.07) is 7.07. The lowest BCUT2D eigenvalue weighted by molar-refractivity contribution is -0.146. The number of hydrogen-bond acceptors (Lipinski definition) is 7.